The molecule has 0 aliphatic rings. The summed E-state index contributed by atoms with van der Waals surface area (Å²) >= 11 is 7.83. The lowest BCUT2D eigenvalue weighted by atomic mass is 10.2. The number of methoxy groups -OCH3 is 1. The van der Waals surface area contributed by atoms with Crippen LogP contribution in [0.2, 0.25) is 5.02 Å². The zero-order valence-electron chi connectivity index (χ0n) is 14.8. The van der Waals surface area contributed by atoms with Gasteiger partial charge in [-0.2, -0.15) is 0 Å². The molecule has 0 aliphatic heterocycles. The zero-order chi connectivity index (χ0) is 18.5. The van der Waals surface area contributed by atoms with Crippen molar-refractivity contribution >= 4 is 23.4 Å². The molecule has 6 heteroatoms. The van der Waals surface area contributed by atoms with Crippen LogP contribution in [0.5, 0.6) is 5.75 Å². The van der Waals surface area contributed by atoms with E-state index in [0.717, 1.165) is 22.3 Å². The number of hydrogen-bond acceptors (Lipinski definition) is 4. The summed E-state index contributed by atoms with van der Waals surface area (Å²) in [6, 6.07) is 14.0. The van der Waals surface area contributed by atoms with Crippen LogP contribution in [0.4, 0.5) is 0 Å². The second-order valence-corrected chi connectivity index (χ2v) is 7.21. The Hall–Kier alpha value is -2.24. The zero-order valence-corrected chi connectivity index (χ0v) is 16.3. The maximum absolute atomic E-state index is 6.18. The molecule has 134 valence electrons. The molecule has 26 heavy (non-hydrogen) atoms. The molecule has 2 aromatic carbocycles. The van der Waals surface area contributed by atoms with Crippen LogP contribution in [-0.2, 0) is 12.3 Å². The molecule has 0 saturated carbocycles. The molecule has 0 amide bonds. The third-order valence-electron chi connectivity index (χ3n) is 3.88. The number of allylic oxidation sites excluding steroid dienone is 1. The van der Waals surface area contributed by atoms with Crippen LogP contribution in [0.1, 0.15) is 11.1 Å². The molecule has 4 nitrogen and oxygen atoms in total. The van der Waals surface area contributed by atoms with Crippen molar-refractivity contribution in [3.05, 3.63) is 71.3 Å². The second kappa shape index (κ2) is 8.43. The topological polar surface area (TPSA) is 39.9 Å². The van der Waals surface area contributed by atoms with Crippen LogP contribution in [-0.4, -0.2) is 21.9 Å². The molecular formula is C20H20ClN3OS. The predicted molar refractivity (Wildman–Crippen MR) is 108 cm³/mol. The molecule has 0 saturated heterocycles. The number of hydrogen-bond donors (Lipinski definition) is 0. The number of aromatic nitrogens is 3. The van der Waals surface area contributed by atoms with Crippen LogP contribution >= 0.6 is 23.4 Å². The predicted octanol–water partition coefficient (Wildman–Crippen LogP) is 5.39. The highest BCUT2D eigenvalue weighted by Gasteiger charge is 2.17. The van der Waals surface area contributed by atoms with Gasteiger partial charge in [0.05, 0.1) is 12.7 Å². The van der Waals surface area contributed by atoms with Crippen molar-refractivity contribution in [3.8, 4) is 17.1 Å². The largest absolute Gasteiger partial charge is 0.496 e. The van der Waals surface area contributed by atoms with Gasteiger partial charge in [0.15, 0.2) is 11.0 Å². The third kappa shape index (κ3) is 4.11. The van der Waals surface area contributed by atoms with E-state index in [2.05, 4.69) is 48.0 Å². The fourth-order valence-corrected chi connectivity index (χ4v) is 3.76. The van der Waals surface area contributed by atoms with Crippen molar-refractivity contribution in [2.75, 3.05) is 7.11 Å². The van der Waals surface area contributed by atoms with Gasteiger partial charge in [0.2, 0.25) is 0 Å². The number of benzene rings is 2. The molecule has 1 heterocycles. The molecule has 3 rings (SSSR count). The number of ether oxygens (including phenoxy) is 1. The van der Waals surface area contributed by atoms with E-state index < -0.39 is 0 Å². The first-order valence-electron chi connectivity index (χ1n) is 8.18. The first kappa shape index (κ1) is 18.5. The van der Waals surface area contributed by atoms with Gasteiger partial charge in [-0.25, -0.2) is 0 Å². The highest BCUT2D eigenvalue weighted by atomic mass is 35.5. The van der Waals surface area contributed by atoms with E-state index in [1.54, 1.807) is 24.9 Å². The summed E-state index contributed by atoms with van der Waals surface area (Å²) < 4.78 is 7.50. The Bertz CT molecular complexity index is 923. The van der Waals surface area contributed by atoms with E-state index in [1.807, 2.05) is 22.8 Å². The lowest BCUT2D eigenvalue weighted by Gasteiger charge is -2.11. The molecular weight excluding hydrogens is 366 g/mol. The first-order chi connectivity index (χ1) is 12.6. The Morgan fingerprint density at radius 1 is 1.23 bits per heavy atom. The fourth-order valence-electron chi connectivity index (χ4n) is 2.69. The van der Waals surface area contributed by atoms with Gasteiger partial charge in [-0.3, -0.25) is 4.57 Å². The minimum absolute atomic E-state index is 0.605. The highest BCUT2D eigenvalue weighted by molar-refractivity contribution is 7.98. The van der Waals surface area contributed by atoms with Crippen LogP contribution in [0.15, 0.2) is 60.3 Å². The van der Waals surface area contributed by atoms with Gasteiger partial charge in [-0.05, 0) is 30.7 Å². The highest BCUT2D eigenvalue weighted by Crippen LogP contribution is 2.34. The van der Waals surface area contributed by atoms with Crippen molar-refractivity contribution in [3.63, 3.8) is 0 Å². The Morgan fingerprint density at radius 3 is 2.81 bits per heavy atom. The molecule has 0 radical (unpaired) electrons. The minimum Gasteiger partial charge on any atom is -0.496 e. The fraction of sp³-hybridized carbons (Fsp3) is 0.200. The van der Waals surface area contributed by atoms with E-state index in [9.17, 15) is 0 Å². The van der Waals surface area contributed by atoms with Gasteiger partial charge in [-0.15, -0.1) is 16.8 Å². The lowest BCUT2D eigenvalue weighted by Crippen LogP contribution is -2.02. The normalized spacial score (nSPS) is 10.7. The Labute approximate surface area is 162 Å². The van der Waals surface area contributed by atoms with E-state index in [0.29, 0.717) is 17.3 Å². The summed E-state index contributed by atoms with van der Waals surface area (Å²) in [5, 5.41) is 10.2. The number of aryl methyl sites for hydroxylation is 1. The van der Waals surface area contributed by atoms with Crippen molar-refractivity contribution in [2.24, 2.45) is 0 Å². The Morgan fingerprint density at radius 2 is 2.08 bits per heavy atom. The molecule has 0 spiro atoms. The second-order valence-electron chi connectivity index (χ2n) is 5.83. The minimum atomic E-state index is 0.605. The molecule has 0 aliphatic carbocycles. The van der Waals surface area contributed by atoms with Gasteiger partial charge in [0.25, 0.3) is 0 Å². The summed E-state index contributed by atoms with van der Waals surface area (Å²) in [5.41, 5.74) is 3.32. The molecule has 0 bridgehead atoms. The lowest BCUT2D eigenvalue weighted by molar-refractivity contribution is 0.416. The third-order valence-corrected chi connectivity index (χ3v) is 5.15. The smallest absolute Gasteiger partial charge is 0.192 e. The average Bonchev–Trinajstić information content (AvgIpc) is 3.03. The van der Waals surface area contributed by atoms with Gasteiger partial charge < -0.3 is 4.74 Å². The summed E-state index contributed by atoms with van der Waals surface area (Å²) in [6.07, 6.45) is 1.83. The molecule has 0 unspecified atom stereocenters. The summed E-state index contributed by atoms with van der Waals surface area (Å²) in [7, 11) is 1.63. The summed E-state index contributed by atoms with van der Waals surface area (Å²) in [4.78, 5) is 0. The maximum atomic E-state index is 6.18. The van der Waals surface area contributed by atoms with Gasteiger partial charge in [0, 0.05) is 17.3 Å². The molecule has 0 fully saturated rings. The SMILES string of the molecule is C=CCn1c(SCc2cccc(C)c2)nnc1-c1cc(Cl)ccc1OC. The number of nitrogens with zero attached hydrogens (tertiary/aromatic N) is 3. The molecule has 0 N–H and O–H groups in total. The van der Waals surface area contributed by atoms with Gasteiger partial charge in [-0.1, -0.05) is 59.3 Å². The maximum Gasteiger partial charge on any atom is 0.192 e. The molecule has 3 aromatic rings. The van der Waals surface area contributed by atoms with E-state index >= 15 is 0 Å². The monoisotopic (exact) mass is 385 g/mol. The number of rotatable bonds is 7. The van der Waals surface area contributed by atoms with Gasteiger partial charge >= 0.3 is 0 Å². The summed E-state index contributed by atoms with van der Waals surface area (Å²) in [5.74, 6) is 2.25. The molecule has 0 atom stereocenters. The van der Waals surface area contributed by atoms with Crippen LogP contribution < -0.4 is 4.74 Å². The van der Waals surface area contributed by atoms with E-state index in [1.165, 1.54) is 11.1 Å². The van der Waals surface area contributed by atoms with Crippen molar-refractivity contribution in [1.29, 1.82) is 0 Å². The standard InChI is InChI=1S/C20H20ClN3OS/c1-4-10-24-19(17-12-16(21)8-9-18(17)25-3)22-23-20(24)26-13-15-7-5-6-14(2)11-15/h4-9,11-12H,1,10,13H2,2-3H3. The van der Waals surface area contributed by atoms with Crippen LogP contribution in [0.3, 0.4) is 0 Å². The van der Waals surface area contributed by atoms with Gasteiger partial charge in [0.1, 0.15) is 5.75 Å². The van der Waals surface area contributed by atoms with Crippen LogP contribution in [0.25, 0.3) is 11.4 Å². The van der Waals surface area contributed by atoms with E-state index in [4.69, 9.17) is 16.3 Å². The molecule has 1 aromatic heterocycles. The first-order valence-corrected chi connectivity index (χ1v) is 9.55. The quantitative estimate of drug-likeness (QED) is 0.403. The number of halogens is 1. The Kier molecular flexibility index (Phi) is 6.01. The number of thioether (sulfide) groups is 1. The Balaban J connectivity index is 1.94. The average molecular weight is 386 g/mol. The van der Waals surface area contributed by atoms with Crippen LogP contribution in [0, 0.1) is 6.92 Å². The van der Waals surface area contributed by atoms with E-state index in [-0.39, 0.29) is 0 Å². The van der Waals surface area contributed by atoms with Crippen molar-refractivity contribution < 1.29 is 4.74 Å². The van der Waals surface area contributed by atoms with Crippen molar-refractivity contribution in [1.82, 2.24) is 14.8 Å². The van der Waals surface area contributed by atoms with Crippen molar-refractivity contribution in [2.45, 2.75) is 24.4 Å². The summed E-state index contributed by atoms with van der Waals surface area (Å²) in [6.45, 7) is 6.56.